The first-order valence-corrected chi connectivity index (χ1v) is 9.35. The molecule has 0 bridgehead atoms. The highest BCUT2D eigenvalue weighted by molar-refractivity contribution is 7.89. The standard InChI is InChI=1S/C16H21N3O4S/c1-23-9-10-24(21,22)19-8-2-3-14(12-19)16(20)18-15-6-4-13(11-17)5-7-15/h4-7,14H,2-3,8-10,12H2,1H3,(H,18,20). The molecule has 2 rings (SSSR count). The number of nitrogens with one attached hydrogen (secondary N) is 1. The van der Waals surface area contributed by atoms with Gasteiger partial charge in [-0.25, -0.2) is 12.7 Å². The van der Waals surface area contributed by atoms with E-state index < -0.39 is 10.0 Å². The summed E-state index contributed by atoms with van der Waals surface area (Å²) in [5, 5.41) is 11.6. The summed E-state index contributed by atoms with van der Waals surface area (Å²) in [6, 6.07) is 8.58. The Labute approximate surface area is 142 Å². The van der Waals surface area contributed by atoms with Crippen LogP contribution in [-0.2, 0) is 19.6 Å². The molecular formula is C16H21N3O4S. The van der Waals surface area contributed by atoms with Crippen LogP contribution in [-0.4, -0.2) is 51.2 Å². The van der Waals surface area contributed by atoms with Crippen molar-refractivity contribution in [2.45, 2.75) is 12.8 Å². The normalized spacial score (nSPS) is 18.8. The van der Waals surface area contributed by atoms with Gasteiger partial charge in [0.2, 0.25) is 15.9 Å². The van der Waals surface area contributed by atoms with Crippen molar-refractivity contribution in [1.82, 2.24) is 4.31 Å². The number of nitrogens with zero attached hydrogens (tertiary/aromatic N) is 2. The van der Waals surface area contributed by atoms with Crippen molar-refractivity contribution >= 4 is 21.6 Å². The zero-order chi connectivity index (χ0) is 17.6. The van der Waals surface area contributed by atoms with Crippen molar-refractivity contribution in [1.29, 1.82) is 5.26 Å². The highest BCUT2D eigenvalue weighted by atomic mass is 32.2. The molecule has 1 atom stereocenters. The van der Waals surface area contributed by atoms with E-state index in [-0.39, 0.29) is 30.7 Å². The summed E-state index contributed by atoms with van der Waals surface area (Å²) in [5.74, 6) is -0.661. The number of carbonyl (C=O) groups excluding carboxylic acids is 1. The van der Waals surface area contributed by atoms with Gasteiger partial charge in [-0.1, -0.05) is 0 Å². The number of rotatable bonds is 6. The van der Waals surface area contributed by atoms with Crippen molar-refractivity contribution in [3.05, 3.63) is 29.8 Å². The van der Waals surface area contributed by atoms with Crippen molar-refractivity contribution in [2.24, 2.45) is 5.92 Å². The van der Waals surface area contributed by atoms with Gasteiger partial charge in [0.15, 0.2) is 0 Å². The molecule has 1 fully saturated rings. The zero-order valence-electron chi connectivity index (χ0n) is 13.6. The molecule has 0 saturated carbocycles. The Morgan fingerprint density at radius 3 is 2.75 bits per heavy atom. The molecule has 1 saturated heterocycles. The van der Waals surface area contributed by atoms with Crippen LogP contribution >= 0.6 is 0 Å². The number of hydrogen-bond acceptors (Lipinski definition) is 5. The zero-order valence-corrected chi connectivity index (χ0v) is 14.4. The Hall–Kier alpha value is -1.95. The molecule has 1 aromatic rings. The van der Waals surface area contributed by atoms with Crippen molar-refractivity contribution in [3.8, 4) is 6.07 Å². The highest BCUT2D eigenvalue weighted by Crippen LogP contribution is 2.21. The first-order valence-electron chi connectivity index (χ1n) is 7.74. The lowest BCUT2D eigenvalue weighted by Gasteiger charge is -2.31. The van der Waals surface area contributed by atoms with Crippen LogP contribution in [0.15, 0.2) is 24.3 Å². The number of sulfonamides is 1. The number of amides is 1. The van der Waals surface area contributed by atoms with Gasteiger partial charge in [0.1, 0.15) is 0 Å². The van der Waals surface area contributed by atoms with E-state index in [0.717, 1.165) is 0 Å². The second-order valence-electron chi connectivity index (χ2n) is 5.68. The van der Waals surface area contributed by atoms with Crippen LogP contribution in [0.3, 0.4) is 0 Å². The van der Waals surface area contributed by atoms with Crippen LogP contribution in [0.2, 0.25) is 0 Å². The van der Waals surface area contributed by atoms with E-state index >= 15 is 0 Å². The number of benzene rings is 1. The molecule has 0 spiro atoms. The Morgan fingerprint density at radius 2 is 2.12 bits per heavy atom. The smallest absolute Gasteiger partial charge is 0.228 e. The summed E-state index contributed by atoms with van der Waals surface area (Å²) in [6.07, 6.45) is 1.30. The van der Waals surface area contributed by atoms with E-state index in [0.29, 0.717) is 30.6 Å². The van der Waals surface area contributed by atoms with Crippen molar-refractivity contribution in [2.75, 3.05) is 37.9 Å². The molecule has 1 aliphatic rings. The Bertz CT molecular complexity index is 710. The maximum atomic E-state index is 12.4. The van der Waals surface area contributed by atoms with Crippen LogP contribution < -0.4 is 5.32 Å². The van der Waals surface area contributed by atoms with Crippen LogP contribution in [0.1, 0.15) is 18.4 Å². The van der Waals surface area contributed by atoms with Crippen molar-refractivity contribution < 1.29 is 17.9 Å². The fourth-order valence-corrected chi connectivity index (χ4v) is 4.05. The average Bonchev–Trinajstić information content (AvgIpc) is 2.61. The van der Waals surface area contributed by atoms with Crippen molar-refractivity contribution in [3.63, 3.8) is 0 Å². The third-order valence-electron chi connectivity index (χ3n) is 3.98. The molecule has 1 aliphatic heterocycles. The molecule has 0 radical (unpaired) electrons. The van der Waals surface area contributed by atoms with E-state index in [1.807, 2.05) is 6.07 Å². The second kappa shape index (κ2) is 8.24. The monoisotopic (exact) mass is 351 g/mol. The van der Waals surface area contributed by atoms with Gasteiger partial charge in [-0.2, -0.15) is 5.26 Å². The minimum absolute atomic E-state index is 0.0759. The lowest BCUT2D eigenvalue weighted by molar-refractivity contribution is -0.120. The van der Waals surface area contributed by atoms with E-state index in [1.165, 1.54) is 11.4 Å². The van der Waals surface area contributed by atoms with E-state index in [1.54, 1.807) is 24.3 Å². The van der Waals surface area contributed by atoms with Gasteiger partial charge in [-0.05, 0) is 37.1 Å². The van der Waals surface area contributed by atoms with E-state index in [4.69, 9.17) is 10.00 Å². The van der Waals surface area contributed by atoms with Gasteiger partial charge in [-0.15, -0.1) is 0 Å². The maximum absolute atomic E-state index is 12.4. The largest absolute Gasteiger partial charge is 0.384 e. The fraction of sp³-hybridized carbons (Fsp3) is 0.500. The minimum Gasteiger partial charge on any atom is -0.384 e. The van der Waals surface area contributed by atoms with E-state index in [2.05, 4.69) is 5.32 Å². The average molecular weight is 351 g/mol. The first kappa shape index (κ1) is 18.4. The molecule has 1 amide bonds. The van der Waals surface area contributed by atoms with Gasteiger partial charge in [0.05, 0.1) is 29.9 Å². The van der Waals surface area contributed by atoms with Gasteiger partial charge < -0.3 is 10.1 Å². The van der Waals surface area contributed by atoms with E-state index in [9.17, 15) is 13.2 Å². The SMILES string of the molecule is COCCS(=O)(=O)N1CCCC(C(=O)Nc2ccc(C#N)cc2)C1. The molecule has 0 aromatic heterocycles. The summed E-state index contributed by atoms with van der Waals surface area (Å²) in [5.41, 5.74) is 1.11. The number of carbonyl (C=O) groups is 1. The summed E-state index contributed by atoms with van der Waals surface area (Å²) in [6.45, 7) is 0.766. The lowest BCUT2D eigenvalue weighted by atomic mass is 9.98. The summed E-state index contributed by atoms with van der Waals surface area (Å²) in [4.78, 5) is 12.4. The van der Waals surface area contributed by atoms with Crippen LogP contribution in [0.4, 0.5) is 5.69 Å². The molecular weight excluding hydrogens is 330 g/mol. The quantitative estimate of drug-likeness (QED) is 0.830. The lowest BCUT2D eigenvalue weighted by Crippen LogP contribution is -2.45. The van der Waals surface area contributed by atoms with Gasteiger partial charge in [-0.3, -0.25) is 4.79 Å². The predicted molar refractivity (Wildman–Crippen MR) is 89.7 cm³/mol. The first-order chi connectivity index (χ1) is 11.5. The Morgan fingerprint density at radius 1 is 1.42 bits per heavy atom. The molecule has 1 aromatic carbocycles. The molecule has 8 heteroatoms. The number of methoxy groups -OCH3 is 1. The predicted octanol–water partition coefficient (Wildman–Crippen LogP) is 1.18. The number of anilines is 1. The number of nitriles is 1. The third kappa shape index (κ3) is 4.77. The van der Waals surface area contributed by atoms with Crippen LogP contribution in [0, 0.1) is 17.2 Å². The van der Waals surface area contributed by atoms with Gasteiger partial charge >= 0.3 is 0 Å². The van der Waals surface area contributed by atoms with Gasteiger partial charge in [0.25, 0.3) is 0 Å². The molecule has 24 heavy (non-hydrogen) atoms. The van der Waals surface area contributed by atoms with Crippen LogP contribution in [0.25, 0.3) is 0 Å². The maximum Gasteiger partial charge on any atom is 0.228 e. The molecule has 1 heterocycles. The summed E-state index contributed by atoms with van der Waals surface area (Å²) >= 11 is 0. The molecule has 130 valence electrons. The second-order valence-corrected chi connectivity index (χ2v) is 7.77. The highest BCUT2D eigenvalue weighted by Gasteiger charge is 2.32. The minimum atomic E-state index is -3.40. The topological polar surface area (TPSA) is 99.5 Å². The van der Waals surface area contributed by atoms with Crippen LogP contribution in [0.5, 0.6) is 0 Å². The molecule has 0 aliphatic carbocycles. The Kier molecular flexibility index (Phi) is 6.31. The number of hydrogen-bond donors (Lipinski definition) is 1. The Balaban J connectivity index is 1.98. The summed E-state index contributed by atoms with van der Waals surface area (Å²) < 4.78 is 30.7. The third-order valence-corrected chi connectivity index (χ3v) is 5.78. The number of piperidine rings is 1. The molecule has 7 nitrogen and oxygen atoms in total. The molecule has 1 unspecified atom stereocenters. The fourth-order valence-electron chi connectivity index (χ4n) is 2.60. The number of ether oxygens (including phenoxy) is 1. The summed E-state index contributed by atoms with van der Waals surface area (Å²) in [7, 11) is -1.94. The van der Waals surface area contributed by atoms with Gasteiger partial charge in [0, 0.05) is 25.9 Å². The molecule has 1 N–H and O–H groups in total.